The molecule has 1 aliphatic carbocycles. The summed E-state index contributed by atoms with van der Waals surface area (Å²) in [6.45, 7) is 3.10. The lowest BCUT2D eigenvalue weighted by Gasteiger charge is -2.39. The van der Waals surface area contributed by atoms with E-state index in [2.05, 4.69) is 34.6 Å². The van der Waals surface area contributed by atoms with E-state index in [0.29, 0.717) is 11.5 Å². The minimum atomic E-state index is 0.0729. The van der Waals surface area contributed by atoms with E-state index < -0.39 is 0 Å². The molecular formula is C25H30N4O2S. The van der Waals surface area contributed by atoms with Gasteiger partial charge in [0.15, 0.2) is 0 Å². The Kier molecular flexibility index (Phi) is 5.84. The largest absolute Gasteiger partial charge is 0.339 e. The third-order valence-corrected chi connectivity index (χ3v) is 8.07. The van der Waals surface area contributed by atoms with Crippen molar-refractivity contribution in [2.75, 3.05) is 32.4 Å². The second-order valence-electron chi connectivity index (χ2n) is 9.33. The summed E-state index contributed by atoms with van der Waals surface area (Å²) in [5.74, 6) is 0.523. The zero-order valence-corrected chi connectivity index (χ0v) is 19.3. The number of nitrogens with one attached hydrogen (secondary N) is 1. The van der Waals surface area contributed by atoms with Gasteiger partial charge in [-0.2, -0.15) is 0 Å². The van der Waals surface area contributed by atoms with Crippen LogP contribution in [0.15, 0.2) is 53.7 Å². The van der Waals surface area contributed by atoms with E-state index >= 15 is 0 Å². The number of benzene rings is 1. The van der Waals surface area contributed by atoms with Crippen LogP contribution in [-0.4, -0.2) is 65.2 Å². The highest BCUT2D eigenvalue weighted by molar-refractivity contribution is 7.98. The Morgan fingerprint density at radius 1 is 1.03 bits per heavy atom. The lowest BCUT2D eigenvalue weighted by molar-refractivity contribution is 0.0589. The lowest BCUT2D eigenvalue weighted by atomic mass is 9.77. The predicted octanol–water partition coefficient (Wildman–Crippen LogP) is 4.00. The van der Waals surface area contributed by atoms with Gasteiger partial charge in [0, 0.05) is 44.3 Å². The molecule has 1 N–H and O–H groups in total. The Balaban J connectivity index is 1.13. The van der Waals surface area contributed by atoms with Gasteiger partial charge in [-0.05, 0) is 55.1 Å². The second kappa shape index (κ2) is 8.77. The van der Waals surface area contributed by atoms with Crippen LogP contribution in [0, 0.1) is 5.41 Å². The summed E-state index contributed by atoms with van der Waals surface area (Å²) in [6.07, 6.45) is 7.64. The molecule has 7 heteroatoms. The fraction of sp³-hybridized carbons (Fsp3) is 0.480. The van der Waals surface area contributed by atoms with E-state index in [1.54, 1.807) is 6.20 Å². The van der Waals surface area contributed by atoms with E-state index in [1.807, 2.05) is 34.3 Å². The van der Waals surface area contributed by atoms with Gasteiger partial charge in [0.1, 0.15) is 5.03 Å². The number of piperidine rings is 1. The predicted molar refractivity (Wildman–Crippen MR) is 126 cm³/mol. The zero-order valence-electron chi connectivity index (χ0n) is 18.5. The summed E-state index contributed by atoms with van der Waals surface area (Å²) in [4.78, 5) is 34.2. The fourth-order valence-corrected chi connectivity index (χ4v) is 5.80. The SMILES string of the molecule is CSc1ncccc1C(=O)N1CCC2(CCN(C(=O)NC3CC3c3ccccc3)C2)CC1. The normalized spacial score (nSPS) is 23.9. The van der Waals surface area contributed by atoms with Gasteiger partial charge >= 0.3 is 6.03 Å². The van der Waals surface area contributed by atoms with Crippen molar-refractivity contribution in [1.82, 2.24) is 20.1 Å². The van der Waals surface area contributed by atoms with Crippen molar-refractivity contribution in [3.05, 3.63) is 59.8 Å². The molecule has 5 rings (SSSR count). The summed E-state index contributed by atoms with van der Waals surface area (Å²) in [5.41, 5.74) is 2.15. The first-order chi connectivity index (χ1) is 15.6. The molecule has 1 spiro atoms. The molecule has 2 aromatic rings. The molecule has 6 nitrogen and oxygen atoms in total. The number of hydrogen-bond donors (Lipinski definition) is 1. The molecule has 3 aliphatic rings. The molecule has 168 valence electrons. The quantitative estimate of drug-likeness (QED) is 0.715. The van der Waals surface area contributed by atoms with Gasteiger partial charge in [0.05, 0.1) is 5.56 Å². The number of thioether (sulfide) groups is 1. The molecule has 3 amide bonds. The highest BCUT2D eigenvalue weighted by atomic mass is 32.2. The minimum absolute atomic E-state index is 0.0729. The number of pyridine rings is 1. The van der Waals surface area contributed by atoms with Crippen molar-refractivity contribution in [3.63, 3.8) is 0 Å². The van der Waals surface area contributed by atoms with Crippen molar-refractivity contribution in [3.8, 4) is 0 Å². The molecule has 2 saturated heterocycles. The van der Waals surface area contributed by atoms with Crippen molar-refractivity contribution >= 4 is 23.7 Å². The van der Waals surface area contributed by atoms with Crippen LogP contribution in [0.25, 0.3) is 0 Å². The average molecular weight is 451 g/mol. The third kappa shape index (κ3) is 4.22. The van der Waals surface area contributed by atoms with E-state index in [0.717, 1.165) is 56.9 Å². The molecule has 0 radical (unpaired) electrons. The van der Waals surface area contributed by atoms with Gasteiger partial charge in [0.2, 0.25) is 0 Å². The highest BCUT2D eigenvalue weighted by Crippen LogP contribution is 2.43. The molecule has 32 heavy (non-hydrogen) atoms. The summed E-state index contributed by atoms with van der Waals surface area (Å²) in [5, 5.41) is 4.03. The molecule has 3 heterocycles. The monoisotopic (exact) mass is 450 g/mol. The Bertz CT molecular complexity index is 990. The maximum Gasteiger partial charge on any atom is 0.317 e. The number of hydrogen-bond acceptors (Lipinski definition) is 4. The average Bonchev–Trinajstić information content (AvgIpc) is 3.49. The summed E-state index contributed by atoms with van der Waals surface area (Å²) >= 11 is 1.51. The zero-order chi connectivity index (χ0) is 22.1. The van der Waals surface area contributed by atoms with Crippen molar-refractivity contribution in [2.24, 2.45) is 5.41 Å². The molecule has 0 bridgehead atoms. The van der Waals surface area contributed by atoms with E-state index in [4.69, 9.17) is 0 Å². The number of aromatic nitrogens is 1. The summed E-state index contributed by atoms with van der Waals surface area (Å²) < 4.78 is 0. The smallest absolute Gasteiger partial charge is 0.317 e. The number of likely N-dealkylation sites (tertiary alicyclic amines) is 2. The number of rotatable bonds is 4. The number of carbonyl (C=O) groups is 2. The summed E-state index contributed by atoms with van der Waals surface area (Å²) in [7, 11) is 0. The van der Waals surface area contributed by atoms with Crippen molar-refractivity contribution < 1.29 is 9.59 Å². The molecular weight excluding hydrogens is 420 g/mol. The van der Waals surface area contributed by atoms with Gasteiger partial charge in [-0.3, -0.25) is 4.79 Å². The Labute approximate surface area is 193 Å². The summed E-state index contributed by atoms with van der Waals surface area (Å²) in [6, 6.07) is 14.5. The van der Waals surface area contributed by atoms with Crippen LogP contribution in [0.3, 0.4) is 0 Å². The molecule has 2 aliphatic heterocycles. The highest BCUT2D eigenvalue weighted by Gasteiger charge is 2.45. The third-order valence-electron chi connectivity index (χ3n) is 7.36. The molecule has 1 saturated carbocycles. The van der Waals surface area contributed by atoms with Gasteiger partial charge in [-0.1, -0.05) is 30.3 Å². The lowest BCUT2D eigenvalue weighted by Crippen LogP contribution is -2.46. The van der Waals surface area contributed by atoms with Crippen molar-refractivity contribution in [1.29, 1.82) is 0 Å². The van der Waals surface area contributed by atoms with E-state index in [1.165, 1.54) is 17.3 Å². The number of carbonyl (C=O) groups excluding carboxylic acids is 2. The van der Waals surface area contributed by atoms with Gasteiger partial charge in [-0.25, -0.2) is 9.78 Å². The van der Waals surface area contributed by atoms with E-state index in [-0.39, 0.29) is 23.4 Å². The number of nitrogens with zero attached hydrogens (tertiary/aromatic N) is 3. The van der Waals surface area contributed by atoms with Crippen molar-refractivity contribution in [2.45, 2.75) is 42.7 Å². The second-order valence-corrected chi connectivity index (χ2v) is 10.1. The number of urea groups is 1. The van der Waals surface area contributed by atoms with Crippen LogP contribution in [0.1, 0.15) is 47.5 Å². The van der Waals surface area contributed by atoms with Gasteiger partial charge in [-0.15, -0.1) is 11.8 Å². The first-order valence-corrected chi connectivity index (χ1v) is 12.7. The Hall–Kier alpha value is -2.54. The molecule has 1 aromatic carbocycles. The van der Waals surface area contributed by atoms with Crippen LogP contribution in [0.4, 0.5) is 4.79 Å². The van der Waals surface area contributed by atoms with Crippen LogP contribution in [0.2, 0.25) is 0 Å². The first kappa shape index (κ1) is 21.3. The minimum Gasteiger partial charge on any atom is -0.339 e. The maximum atomic E-state index is 13.0. The van der Waals surface area contributed by atoms with Crippen LogP contribution in [-0.2, 0) is 0 Å². The standard InChI is InChI=1S/C25H30N4O2S/c1-32-22-19(8-5-12-26-22)23(30)28-13-9-25(10-14-28)11-15-29(17-25)24(31)27-21-16-20(21)18-6-3-2-4-7-18/h2-8,12,20-21H,9-11,13-17H2,1H3,(H,27,31). The van der Waals surface area contributed by atoms with Crippen LogP contribution < -0.4 is 5.32 Å². The molecule has 1 aromatic heterocycles. The topological polar surface area (TPSA) is 65.5 Å². The molecule has 2 unspecified atom stereocenters. The van der Waals surface area contributed by atoms with E-state index in [9.17, 15) is 9.59 Å². The van der Waals surface area contributed by atoms with Crippen LogP contribution >= 0.6 is 11.8 Å². The van der Waals surface area contributed by atoms with Crippen LogP contribution in [0.5, 0.6) is 0 Å². The van der Waals surface area contributed by atoms with Gasteiger partial charge < -0.3 is 15.1 Å². The maximum absolute atomic E-state index is 13.0. The Morgan fingerprint density at radius 3 is 2.47 bits per heavy atom. The fourth-order valence-electron chi connectivity index (χ4n) is 5.26. The first-order valence-electron chi connectivity index (χ1n) is 11.5. The molecule has 2 atom stereocenters. The number of amides is 3. The Morgan fingerprint density at radius 2 is 1.75 bits per heavy atom. The van der Waals surface area contributed by atoms with Gasteiger partial charge in [0.25, 0.3) is 5.91 Å². The molecule has 3 fully saturated rings.